The average Bonchev–Trinajstić information content (AvgIpc) is 3.05. The largest absolute Gasteiger partial charge is 0.451 e. The second-order valence-corrected chi connectivity index (χ2v) is 17.5. The fourth-order valence-corrected chi connectivity index (χ4v) is 9.07. The van der Waals surface area contributed by atoms with E-state index >= 15 is 0 Å². The maximum Gasteiger partial charge on any atom is 0.303 e. The first-order valence-electron chi connectivity index (χ1n) is 13.5. The second-order valence-electron chi connectivity index (χ2n) is 13.0. The Balaban J connectivity index is 1.67. The molecule has 0 aliphatic heterocycles. The highest BCUT2D eigenvalue weighted by atomic mass is 28.4. The van der Waals surface area contributed by atoms with Crippen LogP contribution in [0.5, 0.6) is 0 Å². The van der Waals surface area contributed by atoms with Crippen molar-refractivity contribution >= 4 is 25.8 Å². The third kappa shape index (κ3) is 4.34. The molecule has 3 fully saturated rings. The molecule has 0 aromatic heterocycles. The van der Waals surface area contributed by atoms with Crippen LogP contribution in [0.3, 0.4) is 0 Å². The summed E-state index contributed by atoms with van der Waals surface area (Å²) in [6, 6.07) is 0. The van der Waals surface area contributed by atoms with Crippen LogP contribution >= 0.6 is 0 Å². The molecule has 35 heavy (non-hydrogen) atoms. The van der Waals surface area contributed by atoms with Gasteiger partial charge in [-0.15, -0.1) is 0 Å². The number of hydrogen-bond donors (Lipinski definition) is 0. The average molecular weight is 504 g/mol. The van der Waals surface area contributed by atoms with Gasteiger partial charge < -0.3 is 14.0 Å². The van der Waals surface area contributed by atoms with Crippen molar-refractivity contribution in [2.45, 2.75) is 97.9 Å². The lowest BCUT2D eigenvalue weighted by molar-refractivity contribution is -0.189. The second kappa shape index (κ2) is 9.12. The van der Waals surface area contributed by atoms with Crippen molar-refractivity contribution in [3.63, 3.8) is 0 Å². The van der Waals surface area contributed by atoms with Gasteiger partial charge in [-0.2, -0.15) is 0 Å². The number of ether oxygens (including phenoxy) is 1. The molecule has 0 amide bonds. The molecule has 4 aliphatic rings. The van der Waals surface area contributed by atoms with Crippen LogP contribution in [0, 0.1) is 34.5 Å². The summed E-state index contributed by atoms with van der Waals surface area (Å²) in [6.07, 6.45) is 8.95. The van der Waals surface area contributed by atoms with Gasteiger partial charge in [0.05, 0.1) is 12.3 Å². The topological polar surface area (TPSA) is 74.2 Å². The van der Waals surface area contributed by atoms with E-state index in [4.69, 9.17) is 14.0 Å². The van der Waals surface area contributed by atoms with Crippen LogP contribution in [0.4, 0.5) is 0 Å². The van der Waals surface area contributed by atoms with Gasteiger partial charge in [-0.1, -0.05) is 31.5 Å². The predicted molar refractivity (Wildman–Crippen MR) is 139 cm³/mol. The van der Waals surface area contributed by atoms with Crippen LogP contribution in [-0.2, 0) is 23.6 Å². The van der Waals surface area contributed by atoms with Crippen molar-refractivity contribution in [3.8, 4) is 0 Å². The van der Waals surface area contributed by atoms with E-state index in [1.165, 1.54) is 12.5 Å². The van der Waals surface area contributed by atoms with Crippen LogP contribution in [0.1, 0.15) is 72.6 Å². The Morgan fingerprint density at radius 2 is 1.80 bits per heavy atom. The maximum absolute atomic E-state index is 13.8. The Morgan fingerprint density at radius 1 is 1.11 bits per heavy atom. The zero-order chi connectivity index (χ0) is 25.8. The van der Waals surface area contributed by atoms with Gasteiger partial charge >= 0.3 is 5.97 Å². The van der Waals surface area contributed by atoms with E-state index in [2.05, 4.69) is 51.6 Å². The van der Waals surface area contributed by atoms with Gasteiger partial charge in [0.25, 0.3) is 0 Å². The van der Waals surface area contributed by atoms with Gasteiger partial charge in [0.1, 0.15) is 7.11 Å². The number of fused-ring (bicyclic) bond motifs is 5. The molecule has 6 nitrogen and oxygen atoms in total. The highest BCUT2D eigenvalue weighted by Gasteiger charge is 2.68. The minimum absolute atomic E-state index is 0.0349. The zero-order valence-corrected chi connectivity index (χ0v) is 24.0. The monoisotopic (exact) mass is 503 g/mol. The summed E-state index contributed by atoms with van der Waals surface area (Å²) < 4.78 is 12.1. The smallest absolute Gasteiger partial charge is 0.303 e. The number of esters is 1. The van der Waals surface area contributed by atoms with E-state index < -0.39 is 13.9 Å². The fourth-order valence-electron chi connectivity index (χ4n) is 8.51. The lowest BCUT2D eigenvalue weighted by Gasteiger charge is -2.60. The number of nitrogens with zero attached hydrogens (tertiary/aromatic N) is 1. The van der Waals surface area contributed by atoms with Gasteiger partial charge in [-0.05, 0) is 99.7 Å². The molecule has 0 N–H and O–H groups in total. The number of carbonyl (C=O) groups excluding carboxylic acids is 2. The first kappa shape index (κ1) is 26.6. The number of carbonyl (C=O) groups is 2. The Kier molecular flexibility index (Phi) is 6.93. The molecule has 4 aliphatic carbocycles. The molecule has 7 unspecified atom stereocenters. The number of Topliss-reactive ketones (excluding diaryl/α,β-unsaturated/α-hetero) is 1. The van der Waals surface area contributed by atoms with E-state index in [9.17, 15) is 9.59 Å². The van der Waals surface area contributed by atoms with E-state index in [0.29, 0.717) is 30.1 Å². The van der Waals surface area contributed by atoms with E-state index in [0.717, 1.165) is 44.2 Å². The summed E-state index contributed by atoms with van der Waals surface area (Å²) in [6.45, 7) is 14.8. The first-order chi connectivity index (χ1) is 16.3. The van der Waals surface area contributed by atoms with Crippen LogP contribution in [0.25, 0.3) is 0 Å². The highest BCUT2D eigenvalue weighted by Crippen LogP contribution is 2.69. The van der Waals surface area contributed by atoms with Crippen molar-refractivity contribution in [1.82, 2.24) is 0 Å². The molecule has 196 valence electrons. The Hall–Kier alpha value is -1.47. The summed E-state index contributed by atoms with van der Waals surface area (Å²) in [5.41, 5.74) is 1.30. The molecule has 0 bridgehead atoms. The number of allylic oxidation sites excluding steroid dienone is 2. The number of ketones is 1. The minimum Gasteiger partial charge on any atom is -0.451 e. The summed E-state index contributed by atoms with van der Waals surface area (Å²) in [4.78, 5) is 31.2. The van der Waals surface area contributed by atoms with E-state index in [-0.39, 0.29) is 29.2 Å². The molecule has 4 rings (SSSR count). The number of hydrogen-bond acceptors (Lipinski definition) is 6. The van der Waals surface area contributed by atoms with Gasteiger partial charge in [0, 0.05) is 12.3 Å². The van der Waals surface area contributed by atoms with Crippen LogP contribution < -0.4 is 0 Å². The lowest BCUT2D eigenvalue weighted by Crippen LogP contribution is -2.60. The molecule has 7 atom stereocenters. The molecular formula is C28H45NO5Si. The number of oxime groups is 1. The molecule has 0 aromatic rings. The zero-order valence-electron chi connectivity index (χ0n) is 23.0. The standard InChI is InChI=1S/C28H45NO5Si/c1-18-15-21-22(26(3)12-9-20(29-32-5)16-24(18)26)10-13-27(4)23(21)11-14-28(27,34-19(2)30)25(31)17-33-35(6,7)8/h16,18,21-23H,9-15,17H2,1-8H3/b29-20+. The Bertz CT molecular complexity index is 938. The van der Waals surface area contributed by atoms with E-state index in [1.54, 1.807) is 7.11 Å². The molecule has 0 radical (unpaired) electrons. The van der Waals surface area contributed by atoms with Gasteiger partial charge in [-0.25, -0.2) is 0 Å². The molecule has 3 saturated carbocycles. The number of rotatable bonds is 6. The van der Waals surface area contributed by atoms with Crippen LogP contribution in [0.15, 0.2) is 16.8 Å². The lowest BCUT2D eigenvalue weighted by atomic mass is 9.44. The molecule has 0 aromatic carbocycles. The maximum atomic E-state index is 13.8. The third-order valence-electron chi connectivity index (χ3n) is 10.0. The highest BCUT2D eigenvalue weighted by molar-refractivity contribution is 6.69. The molecule has 0 heterocycles. The molecule has 0 spiro atoms. The van der Waals surface area contributed by atoms with Crippen molar-refractivity contribution < 1.29 is 23.6 Å². The third-order valence-corrected chi connectivity index (χ3v) is 11.0. The summed E-state index contributed by atoms with van der Waals surface area (Å²) in [7, 11) is -0.258. The normalized spacial score (nSPS) is 41.9. The van der Waals surface area contributed by atoms with Gasteiger partial charge in [0.15, 0.2) is 13.9 Å². The molecule has 7 heteroatoms. The summed E-state index contributed by atoms with van der Waals surface area (Å²) >= 11 is 0. The first-order valence-corrected chi connectivity index (χ1v) is 16.9. The minimum atomic E-state index is -1.88. The van der Waals surface area contributed by atoms with Crippen molar-refractivity contribution in [3.05, 3.63) is 11.6 Å². The quantitative estimate of drug-likeness (QED) is 0.255. The van der Waals surface area contributed by atoms with Gasteiger partial charge in [-0.3, -0.25) is 9.59 Å². The summed E-state index contributed by atoms with van der Waals surface area (Å²) in [5, 5.41) is 4.25. The van der Waals surface area contributed by atoms with Crippen LogP contribution in [-0.4, -0.2) is 45.1 Å². The molecular weight excluding hydrogens is 458 g/mol. The van der Waals surface area contributed by atoms with Crippen LogP contribution in [0.2, 0.25) is 19.6 Å². The summed E-state index contributed by atoms with van der Waals surface area (Å²) in [5.74, 6) is 1.53. The van der Waals surface area contributed by atoms with Crippen molar-refractivity contribution in [2.24, 2.45) is 39.7 Å². The Morgan fingerprint density at radius 3 is 2.43 bits per heavy atom. The Labute approximate surface area is 212 Å². The molecule has 0 saturated heterocycles. The van der Waals surface area contributed by atoms with E-state index in [1.807, 2.05) is 0 Å². The van der Waals surface area contributed by atoms with Crippen molar-refractivity contribution in [1.29, 1.82) is 0 Å². The van der Waals surface area contributed by atoms with Crippen molar-refractivity contribution in [2.75, 3.05) is 13.7 Å². The SMILES string of the molecule is CO/N=C1/C=C2C(C)CC3C(CCC4(C)C3CCC4(OC(C)=O)C(=O)CO[Si](C)(C)C)C2(C)CC1. The predicted octanol–water partition coefficient (Wildman–Crippen LogP) is 5.92. The van der Waals surface area contributed by atoms with Gasteiger partial charge in [0.2, 0.25) is 5.78 Å². The fraction of sp³-hybridized carbons (Fsp3) is 0.821.